The Morgan fingerprint density at radius 1 is 0.923 bits per heavy atom. The lowest BCUT2D eigenvalue weighted by Crippen LogP contribution is -2.35. The zero-order valence-corrected chi connectivity index (χ0v) is 14.6. The van der Waals surface area contributed by atoms with Gasteiger partial charge in [0.25, 0.3) is 0 Å². The zero-order valence-electron chi connectivity index (χ0n) is 14.6. The number of aromatic nitrogens is 2. The molecule has 1 aliphatic rings. The third kappa shape index (κ3) is 2.87. The summed E-state index contributed by atoms with van der Waals surface area (Å²) in [7, 11) is 0. The molecule has 0 N–H and O–H groups in total. The maximum Gasteiger partial charge on any atom is 0.0703 e. The van der Waals surface area contributed by atoms with E-state index in [1.807, 2.05) is 12.3 Å². The van der Waals surface area contributed by atoms with E-state index in [4.69, 9.17) is 4.74 Å². The minimum atomic E-state index is 0.843. The number of morpholine rings is 1. The van der Waals surface area contributed by atoms with E-state index in [2.05, 4.69) is 69.2 Å². The van der Waals surface area contributed by atoms with Gasteiger partial charge in [-0.1, -0.05) is 12.1 Å². The molecule has 2 aromatic heterocycles. The number of hydrogen-bond acceptors (Lipinski definition) is 3. The van der Waals surface area contributed by atoms with Gasteiger partial charge in [0.15, 0.2) is 0 Å². The van der Waals surface area contributed by atoms with Crippen LogP contribution in [0, 0.1) is 0 Å². The quantitative estimate of drug-likeness (QED) is 0.563. The van der Waals surface area contributed by atoms with E-state index >= 15 is 0 Å². The maximum absolute atomic E-state index is 5.44. The summed E-state index contributed by atoms with van der Waals surface area (Å²) in [5.41, 5.74) is 4.79. The molecule has 0 radical (unpaired) electrons. The Labute approximate surface area is 152 Å². The Kier molecular flexibility index (Phi) is 3.92. The number of rotatable bonds is 3. The van der Waals surface area contributed by atoms with Gasteiger partial charge in [-0.25, -0.2) is 0 Å². The van der Waals surface area contributed by atoms with Gasteiger partial charge in [0.1, 0.15) is 0 Å². The molecule has 130 valence electrons. The van der Waals surface area contributed by atoms with Gasteiger partial charge < -0.3 is 9.30 Å². The summed E-state index contributed by atoms with van der Waals surface area (Å²) in [6, 6.07) is 19.5. The second-order valence-electron chi connectivity index (χ2n) is 6.85. The van der Waals surface area contributed by atoms with Gasteiger partial charge >= 0.3 is 0 Å². The van der Waals surface area contributed by atoms with Crippen LogP contribution in [-0.2, 0) is 11.3 Å². The van der Waals surface area contributed by atoms with E-state index in [0.717, 1.165) is 43.8 Å². The largest absolute Gasteiger partial charge is 0.379 e. The smallest absolute Gasteiger partial charge is 0.0703 e. The van der Waals surface area contributed by atoms with Gasteiger partial charge in [-0.2, -0.15) is 0 Å². The minimum absolute atomic E-state index is 0.843. The van der Waals surface area contributed by atoms with Crippen molar-refractivity contribution in [1.29, 1.82) is 0 Å². The summed E-state index contributed by atoms with van der Waals surface area (Å²) in [6.45, 7) is 4.71. The lowest BCUT2D eigenvalue weighted by atomic mass is 10.1. The second kappa shape index (κ2) is 6.56. The standard InChI is InChI=1S/C22H21N3O/c1-2-18-15-20(4-5-21(18)23-8-1)25-9-7-19-14-17(3-6-22(19)25)16-24-10-12-26-13-11-24/h1-9,14-15H,10-13,16H2. The predicted octanol–water partition coefficient (Wildman–Crippen LogP) is 4.01. The normalized spacial score (nSPS) is 15.7. The van der Waals surface area contributed by atoms with Crippen LogP contribution in [0.5, 0.6) is 0 Å². The maximum atomic E-state index is 5.44. The van der Waals surface area contributed by atoms with Crippen molar-refractivity contribution in [1.82, 2.24) is 14.5 Å². The highest BCUT2D eigenvalue weighted by molar-refractivity contribution is 5.85. The highest BCUT2D eigenvalue weighted by atomic mass is 16.5. The lowest BCUT2D eigenvalue weighted by molar-refractivity contribution is 0.0342. The van der Waals surface area contributed by atoms with Crippen molar-refractivity contribution in [2.45, 2.75) is 6.54 Å². The molecule has 4 heteroatoms. The summed E-state index contributed by atoms with van der Waals surface area (Å²) in [4.78, 5) is 6.87. The van der Waals surface area contributed by atoms with E-state index in [-0.39, 0.29) is 0 Å². The van der Waals surface area contributed by atoms with Crippen molar-refractivity contribution in [3.63, 3.8) is 0 Å². The topological polar surface area (TPSA) is 30.3 Å². The molecule has 2 aromatic carbocycles. The predicted molar refractivity (Wildman–Crippen MR) is 105 cm³/mol. The number of ether oxygens (including phenoxy) is 1. The molecule has 1 aliphatic heterocycles. The molecule has 0 saturated carbocycles. The molecular formula is C22H21N3O. The zero-order chi connectivity index (χ0) is 17.3. The van der Waals surface area contributed by atoms with E-state index < -0.39 is 0 Å². The summed E-state index contributed by atoms with van der Waals surface area (Å²) in [5.74, 6) is 0. The molecule has 4 aromatic rings. The number of pyridine rings is 1. The fourth-order valence-corrected chi connectivity index (χ4v) is 3.75. The molecular weight excluding hydrogens is 322 g/mol. The molecule has 0 amide bonds. The van der Waals surface area contributed by atoms with Crippen molar-refractivity contribution in [2.75, 3.05) is 26.3 Å². The number of nitrogens with zero attached hydrogens (tertiary/aromatic N) is 3. The van der Waals surface area contributed by atoms with Crippen LogP contribution in [0.4, 0.5) is 0 Å². The van der Waals surface area contributed by atoms with Gasteiger partial charge in [0.05, 0.1) is 24.2 Å². The third-order valence-corrected chi connectivity index (χ3v) is 5.13. The third-order valence-electron chi connectivity index (χ3n) is 5.13. The SMILES string of the molecule is c1cnc2ccc(-n3ccc4cc(CN5CCOCC5)ccc43)cc2c1. The molecule has 0 spiro atoms. The van der Waals surface area contributed by atoms with Crippen LogP contribution in [-0.4, -0.2) is 40.8 Å². The van der Waals surface area contributed by atoms with Crippen molar-refractivity contribution in [3.05, 3.63) is 72.6 Å². The average Bonchev–Trinajstić information content (AvgIpc) is 3.12. The highest BCUT2D eigenvalue weighted by Crippen LogP contribution is 2.24. The van der Waals surface area contributed by atoms with E-state index in [0.29, 0.717) is 0 Å². The van der Waals surface area contributed by atoms with E-state index in [9.17, 15) is 0 Å². The number of hydrogen-bond donors (Lipinski definition) is 0. The fraction of sp³-hybridized carbons (Fsp3) is 0.227. The van der Waals surface area contributed by atoms with Crippen molar-refractivity contribution in [2.24, 2.45) is 0 Å². The Hall–Kier alpha value is -2.69. The second-order valence-corrected chi connectivity index (χ2v) is 6.85. The van der Waals surface area contributed by atoms with Crippen LogP contribution in [0.3, 0.4) is 0 Å². The first kappa shape index (κ1) is 15.6. The Morgan fingerprint density at radius 2 is 1.85 bits per heavy atom. The highest BCUT2D eigenvalue weighted by Gasteiger charge is 2.12. The molecule has 0 unspecified atom stereocenters. The summed E-state index contributed by atoms with van der Waals surface area (Å²) in [5, 5.41) is 2.44. The first-order valence-corrected chi connectivity index (χ1v) is 9.12. The number of fused-ring (bicyclic) bond motifs is 2. The minimum Gasteiger partial charge on any atom is -0.379 e. The lowest BCUT2D eigenvalue weighted by Gasteiger charge is -2.26. The molecule has 3 heterocycles. The van der Waals surface area contributed by atoms with Crippen LogP contribution >= 0.6 is 0 Å². The Bertz CT molecular complexity index is 1060. The molecule has 1 fully saturated rings. The van der Waals surface area contributed by atoms with Crippen molar-refractivity contribution >= 4 is 21.8 Å². The fourth-order valence-electron chi connectivity index (χ4n) is 3.75. The monoisotopic (exact) mass is 343 g/mol. The van der Waals surface area contributed by atoms with Gasteiger partial charge in [0.2, 0.25) is 0 Å². The Balaban J connectivity index is 1.48. The van der Waals surface area contributed by atoms with Gasteiger partial charge in [0, 0.05) is 48.5 Å². The first-order chi connectivity index (χ1) is 12.9. The molecule has 1 saturated heterocycles. The van der Waals surface area contributed by atoms with Crippen LogP contribution < -0.4 is 0 Å². The van der Waals surface area contributed by atoms with Gasteiger partial charge in [-0.3, -0.25) is 9.88 Å². The van der Waals surface area contributed by atoms with Gasteiger partial charge in [-0.05, 0) is 48.0 Å². The molecule has 5 rings (SSSR count). The van der Waals surface area contributed by atoms with E-state index in [1.54, 1.807) is 0 Å². The molecule has 4 nitrogen and oxygen atoms in total. The van der Waals surface area contributed by atoms with Crippen LogP contribution in [0.2, 0.25) is 0 Å². The van der Waals surface area contributed by atoms with Crippen LogP contribution in [0.25, 0.3) is 27.5 Å². The van der Waals surface area contributed by atoms with Crippen LogP contribution in [0.1, 0.15) is 5.56 Å². The Morgan fingerprint density at radius 3 is 2.77 bits per heavy atom. The van der Waals surface area contributed by atoms with Crippen LogP contribution in [0.15, 0.2) is 67.0 Å². The van der Waals surface area contributed by atoms with Gasteiger partial charge in [-0.15, -0.1) is 0 Å². The van der Waals surface area contributed by atoms with E-state index in [1.165, 1.54) is 22.2 Å². The molecule has 0 aliphatic carbocycles. The molecule has 26 heavy (non-hydrogen) atoms. The summed E-state index contributed by atoms with van der Waals surface area (Å²) < 4.78 is 7.69. The molecule has 0 atom stereocenters. The average molecular weight is 343 g/mol. The number of benzene rings is 2. The summed E-state index contributed by atoms with van der Waals surface area (Å²) in [6.07, 6.45) is 3.99. The first-order valence-electron chi connectivity index (χ1n) is 9.12. The van der Waals surface area contributed by atoms with Crippen molar-refractivity contribution < 1.29 is 4.74 Å². The summed E-state index contributed by atoms with van der Waals surface area (Å²) >= 11 is 0. The molecule has 0 bridgehead atoms. The van der Waals surface area contributed by atoms with Crippen molar-refractivity contribution in [3.8, 4) is 5.69 Å².